The highest BCUT2D eigenvalue weighted by Crippen LogP contribution is 2.35. The van der Waals surface area contributed by atoms with E-state index in [4.69, 9.17) is 14.7 Å². The number of nitrogens with one attached hydrogen (secondary N) is 4. The number of rotatable bonds is 7. The van der Waals surface area contributed by atoms with E-state index in [0.29, 0.717) is 18.2 Å². The number of carbonyl (C=O) groups is 2. The largest absolute Gasteiger partial charge is 0.453 e. The number of likely N-dealkylation sites (tertiary alicyclic amines) is 1. The zero-order valence-corrected chi connectivity index (χ0v) is 26.6. The molecular weight excluding hydrogens is 604 g/mol. The topological polar surface area (TPSA) is 141 Å². The van der Waals surface area contributed by atoms with Crippen molar-refractivity contribution in [1.29, 1.82) is 0 Å². The average Bonchev–Trinajstić information content (AvgIpc) is 3.96. The van der Waals surface area contributed by atoms with Crippen molar-refractivity contribution in [3.8, 4) is 22.4 Å². The maximum Gasteiger partial charge on any atom is 0.407 e. The molecule has 8 rings (SSSR count). The first-order chi connectivity index (χ1) is 23.5. The first-order valence-electron chi connectivity index (χ1n) is 16.4. The molecule has 48 heavy (non-hydrogen) atoms. The molecule has 0 radical (unpaired) electrons. The van der Waals surface area contributed by atoms with Crippen LogP contribution in [0.3, 0.4) is 0 Å². The number of ether oxygens (including phenoxy) is 1. The van der Waals surface area contributed by atoms with E-state index in [9.17, 15) is 9.59 Å². The Morgan fingerprint density at radius 2 is 1.73 bits per heavy atom. The van der Waals surface area contributed by atoms with Crippen LogP contribution in [-0.2, 0) is 9.53 Å². The third-order valence-electron chi connectivity index (χ3n) is 9.49. The smallest absolute Gasteiger partial charge is 0.407 e. The quantitative estimate of drug-likeness (QED) is 0.159. The second-order valence-corrected chi connectivity index (χ2v) is 12.5. The summed E-state index contributed by atoms with van der Waals surface area (Å²) in [6, 6.07) is 23.1. The molecule has 242 valence electrons. The maximum absolute atomic E-state index is 13.9. The predicted molar refractivity (Wildman–Crippen MR) is 183 cm³/mol. The van der Waals surface area contributed by atoms with Gasteiger partial charge in [-0.1, -0.05) is 48.5 Å². The summed E-state index contributed by atoms with van der Waals surface area (Å²) in [4.78, 5) is 49.2. The molecule has 2 amide bonds. The van der Waals surface area contributed by atoms with Gasteiger partial charge in [0, 0.05) is 23.7 Å². The number of nitrogens with zero attached hydrogens (tertiary/aromatic N) is 4. The molecule has 11 nitrogen and oxygen atoms in total. The summed E-state index contributed by atoms with van der Waals surface area (Å²) < 4.78 is 4.83. The molecule has 2 saturated heterocycles. The van der Waals surface area contributed by atoms with Crippen LogP contribution in [-0.4, -0.2) is 62.0 Å². The molecule has 0 spiro atoms. The number of hydrogen-bond donors (Lipinski definition) is 4. The number of aromatic amines is 2. The fraction of sp³-hybridized carbons (Fsp3) is 0.270. The van der Waals surface area contributed by atoms with Crippen LogP contribution in [0, 0.1) is 0 Å². The number of methoxy groups -OCH3 is 1. The summed E-state index contributed by atoms with van der Waals surface area (Å²) in [6.45, 7) is 1.60. The maximum atomic E-state index is 13.9. The van der Waals surface area contributed by atoms with Crippen LogP contribution >= 0.6 is 0 Å². The number of pyridine rings is 1. The van der Waals surface area contributed by atoms with Gasteiger partial charge in [-0.05, 0) is 73.2 Å². The van der Waals surface area contributed by atoms with Gasteiger partial charge in [-0.15, -0.1) is 0 Å². The number of H-pyrrole nitrogens is 2. The van der Waals surface area contributed by atoms with Gasteiger partial charge in [0.1, 0.15) is 17.7 Å². The number of alkyl carbamates (subject to hydrolysis) is 1. The van der Waals surface area contributed by atoms with Crippen LogP contribution in [0.4, 0.5) is 4.79 Å². The fourth-order valence-corrected chi connectivity index (χ4v) is 6.98. The lowest BCUT2D eigenvalue weighted by Gasteiger charge is -2.28. The van der Waals surface area contributed by atoms with Crippen LogP contribution in [0.15, 0.2) is 85.2 Å². The van der Waals surface area contributed by atoms with Gasteiger partial charge in [0.15, 0.2) is 0 Å². The molecule has 2 aliphatic heterocycles. The van der Waals surface area contributed by atoms with Gasteiger partial charge in [-0.25, -0.2) is 14.8 Å². The molecule has 0 unspecified atom stereocenters. The van der Waals surface area contributed by atoms with Gasteiger partial charge < -0.3 is 30.2 Å². The Morgan fingerprint density at radius 3 is 2.56 bits per heavy atom. The van der Waals surface area contributed by atoms with E-state index in [0.717, 1.165) is 81.8 Å². The molecule has 5 heterocycles. The van der Waals surface area contributed by atoms with Crippen LogP contribution in [0.25, 0.3) is 44.3 Å². The molecule has 3 aromatic carbocycles. The van der Waals surface area contributed by atoms with E-state index in [1.165, 1.54) is 13.5 Å². The van der Waals surface area contributed by atoms with Crippen LogP contribution in [0.2, 0.25) is 0 Å². The Hall–Kier alpha value is -5.55. The second kappa shape index (κ2) is 12.6. The highest BCUT2D eigenvalue weighted by molar-refractivity contribution is 5.90. The summed E-state index contributed by atoms with van der Waals surface area (Å²) in [7, 11) is 1.29. The zero-order chi connectivity index (χ0) is 32.6. The van der Waals surface area contributed by atoms with Crippen molar-refractivity contribution in [3.63, 3.8) is 0 Å². The number of hydrogen-bond acceptors (Lipinski definition) is 7. The van der Waals surface area contributed by atoms with E-state index < -0.39 is 12.1 Å². The van der Waals surface area contributed by atoms with Gasteiger partial charge in [0.25, 0.3) is 5.91 Å². The molecule has 3 atom stereocenters. The molecule has 0 bridgehead atoms. The van der Waals surface area contributed by atoms with Crippen molar-refractivity contribution in [1.82, 2.24) is 40.5 Å². The summed E-state index contributed by atoms with van der Waals surface area (Å²) in [5, 5.41) is 7.27. The van der Waals surface area contributed by atoms with E-state index in [-0.39, 0.29) is 11.9 Å². The number of fused-ring (bicyclic) bond motifs is 2. The number of carbonyl (C=O) groups excluding carboxylic acids is 2. The summed E-state index contributed by atoms with van der Waals surface area (Å²) >= 11 is 0. The highest BCUT2D eigenvalue weighted by atomic mass is 16.5. The predicted octanol–water partition coefficient (Wildman–Crippen LogP) is 6.35. The zero-order valence-electron chi connectivity index (χ0n) is 26.6. The second-order valence-electron chi connectivity index (χ2n) is 12.5. The summed E-state index contributed by atoms with van der Waals surface area (Å²) in [6.07, 6.45) is 7.01. The van der Waals surface area contributed by atoms with Gasteiger partial charge in [-0.2, -0.15) is 0 Å². The third kappa shape index (κ3) is 5.66. The van der Waals surface area contributed by atoms with Crippen LogP contribution in [0.5, 0.6) is 0 Å². The van der Waals surface area contributed by atoms with Crippen molar-refractivity contribution < 1.29 is 14.3 Å². The molecular formula is C37H36N8O3. The van der Waals surface area contributed by atoms with E-state index in [1.807, 2.05) is 53.7 Å². The molecule has 4 N–H and O–H groups in total. The van der Waals surface area contributed by atoms with Crippen molar-refractivity contribution in [2.45, 2.75) is 43.8 Å². The lowest BCUT2D eigenvalue weighted by Crippen LogP contribution is -2.42. The Balaban J connectivity index is 1.03. The van der Waals surface area contributed by atoms with Gasteiger partial charge in [0.2, 0.25) is 0 Å². The summed E-state index contributed by atoms with van der Waals surface area (Å²) in [5.41, 5.74) is 7.39. The van der Waals surface area contributed by atoms with E-state index in [2.05, 4.69) is 62.0 Å². The van der Waals surface area contributed by atoms with Gasteiger partial charge in [-0.3, -0.25) is 9.78 Å². The SMILES string of the molecule is COC(=O)N[C@@H](C(=O)N1CCC[C@H]1c1nc2ccc(-c3ccc4cc(-c5cnc([C@@H]6CCCN6)[nH]5)cnc4c3)cc2[nH]1)c1ccccc1. The standard InChI is InChI=1S/C37H36N8O3/c1-48-37(47)44-33(22-7-3-2-4-8-22)36(46)45-16-6-10-32(45)35-41-27-14-13-24(19-30(27)42-35)23-11-12-25-17-26(20-39-29(25)18-23)31-21-40-34(43-31)28-9-5-15-38-28/h2-4,7-8,11-14,17-21,28,32-33,38H,5-6,9-10,15-16H2,1H3,(H,40,43)(H,41,42)(H,44,47)/t28-,32-,33+/m0/s1. The number of aromatic nitrogens is 5. The molecule has 0 aliphatic carbocycles. The van der Waals surface area contributed by atoms with Crippen molar-refractivity contribution in [2.75, 3.05) is 20.2 Å². The Kier molecular flexibility index (Phi) is 7.81. The Morgan fingerprint density at radius 1 is 0.875 bits per heavy atom. The first kappa shape index (κ1) is 29.8. The van der Waals surface area contributed by atoms with Crippen LogP contribution in [0.1, 0.15) is 61.0 Å². The molecule has 3 aromatic heterocycles. The minimum Gasteiger partial charge on any atom is -0.453 e. The van der Waals surface area contributed by atoms with E-state index in [1.54, 1.807) is 0 Å². The lowest BCUT2D eigenvalue weighted by molar-refractivity contribution is -0.134. The first-order valence-corrected chi connectivity index (χ1v) is 16.4. The van der Waals surface area contributed by atoms with Crippen molar-refractivity contribution >= 4 is 33.9 Å². The summed E-state index contributed by atoms with van der Waals surface area (Å²) in [5.74, 6) is 1.52. The van der Waals surface area contributed by atoms with Crippen LogP contribution < -0.4 is 10.6 Å². The lowest BCUT2D eigenvalue weighted by atomic mass is 10.0. The molecule has 11 heteroatoms. The van der Waals surface area contributed by atoms with Crippen molar-refractivity contribution in [2.24, 2.45) is 0 Å². The minimum atomic E-state index is -0.862. The van der Waals surface area contributed by atoms with Crippen molar-refractivity contribution in [3.05, 3.63) is 102 Å². The third-order valence-corrected chi connectivity index (χ3v) is 9.49. The molecule has 0 saturated carbocycles. The average molecular weight is 641 g/mol. The number of imidazole rings is 2. The number of amides is 2. The highest BCUT2D eigenvalue weighted by Gasteiger charge is 2.37. The van der Waals surface area contributed by atoms with E-state index >= 15 is 0 Å². The molecule has 2 aliphatic rings. The monoisotopic (exact) mass is 640 g/mol. The van der Waals surface area contributed by atoms with Gasteiger partial charge >= 0.3 is 6.09 Å². The fourth-order valence-electron chi connectivity index (χ4n) is 6.98. The Bertz CT molecular complexity index is 2120. The minimum absolute atomic E-state index is 0.194. The normalized spacial score (nSPS) is 18.4. The Labute approximate surface area is 277 Å². The molecule has 6 aromatic rings. The van der Waals surface area contributed by atoms with Gasteiger partial charge in [0.05, 0.1) is 47.6 Å². The molecule has 2 fully saturated rings. The number of benzene rings is 3.